The molecule has 0 saturated heterocycles. The molecule has 32 heavy (non-hydrogen) atoms. The van der Waals surface area contributed by atoms with Crippen molar-refractivity contribution in [1.29, 1.82) is 0 Å². The Morgan fingerprint density at radius 3 is 2.62 bits per heavy atom. The Morgan fingerprint density at radius 2 is 1.81 bits per heavy atom. The molecule has 0 aliphatic carbocycles. The summed E-state index contributed by atoms with van der Waals surface area (Å²) in [5.74, 6) is 6.60. The van der Waals surface area contributed by atoms with Crippen molar-refractivity contribution in [1.82, 2.24) is 14.9 Å². The molecule has 0 aliphatic heterocycles. The summed E-state index contributed by atoms with van der Waals surface area (Å²) in [5, 5.41) is 13.6. The van der Waals surface area contributed by atoms with Crippen LogP contribution in [0.5, 0.6) is 0 Å². The second kappa shape index (κ2) is 9.23. The number of benzene rings is 3. The Bertz CT molecular complexity index is 1300. The first-order chi connectivity index (χ1) is 15.4. The number of amides is 1. The molecule has 7 nitrogen and oxygen atoms in total. The number of carbonyl (C=O) groups is 2. The molecule has 3 N–H and O–H groups in total. The minimum Gasteiger partial charge on any atom is -0.336 e. The highest BCUT2D eigenvalue weighted by atomic mass is 32.2. The average molecular weight is 446 g/mol. The highest BCUT2D eigenvalue weighted by Crippen LogP contribution is 2.25. The summed E-state index contributed by atoms with van der Waals surface area (Å²) in [4.78, 5) is 24.2. The van der Waals surface area contributed by atoms with Crippen molar-refractivity contribution >= 4 is 39.9 Å². The quantitative estimate of drug-likeness (QED) is 0.253. The summed E-state index contributed by atoms with van der Waals surface area (Å²) >= 11 is 1.23. The number of fused-ring (bicyclic) bond motifs is 1. The topological polar surface area (TPSA) is 103 Å². The fraction of sp³-hybridized carbons (Fsp3) is 0.167. The number of ketones is 1. The molecule has 162 valence electrons. The van der Waals surface area contributed by atoms with Gasteiger partial charge in [-0.1, -0.05) is 66.4 Å². The first-order valence-corrected chi connectivity index (χ1v) is 11.0. The van der Waals surface area contributed by atoms with Crippen molar-refractivity contribution in [2.45, 2.75) is 30.7 Å². The lowest BCUT2D eigenvalue weighted by Crippen LogP contribution is -2.24. The number of hydrogen-bond donors (Lipinski definition) is 2. The summed E-state index contributed by atoms with van der Waals surface area (Å²) < 4.78 is 1.44. The maximum Gasteiger partial charge on any atom is 0.237 e. The van der Waals surface area contributed by atoms with E-state index in [-0.39, 0.29) is 11.7 Å². The second-order valence-corrected chi connectivity index (χ2v) is 8.78. The second-order valence-electron chi connectivity index (χ2n) is 7.47. The summed E-state index contributed by atoms with van der Waals surface area (Å²) in [6.07, 6.45) is 0.532. The van der Waals surface area contributed by atoms with Gasteiger partial charge in [0.05, 0.1) is 5.25 Å². The molecule has 1 atom stereocenters. The smallest absolute Gasteiger partial charge is 0.237 e. The number of thioether (sulfide) groups is 1. The van der Waals surface area contributed by atoms with Crippen LogP contribution in [0.1, 0.15) is 35.6 Å². The molecular weight excluding hydrogens is 422 g/mol. The monoisotopic (exact) mass is 445 g/mol. The zero-order valence-corrected chi connectivity index (χ0v) is 18.6. The average Bonchev–Trinajstić information content (AvgIpc) is 3.13. The van der Waals surface area contributed by atoms with Gasteiger partial charge in [-0.3, -0.25) is 9.59 Å². The van der Waals surface area contributed by atoms with Gasteiger partial charge < -0.3 is 11.2 Å². The van der Waals surface area contributed by atoms with Crippen LogP contribution in [-0.2, 0) is 11.2 Å². The van der Waals surface area contributed by atoms with Gasteiger partial charge in [0.25, 0.3) is 0 Å². The van der Waals surface area contributed by atoms with E-state index in [1.165, 1.54) is 23.4 Å². The van der Waals surface area contributed by atoms with E-state index in [1.807, 2.05) is 18.2 Å². The lowest BCUT2D eigenvalue weighted by Gasteiger charge is -2.12. The maximum absolute atomic E-state index is 12.6. The van der Waals surface area contributed by atoms with Crippen LogP contribution in [0, 0.1) is 0 Å². The van der Waals surface area contributed by atoms with Gasteiger partial charge >= 0.3 is 0 Å². The summed E-state index contributed by atoms with van der Waals surface area (Å²) in [7, 11) is 0. The molecule has 0 radical (unpaired) electrons. The summed E-state index contributed by atoms with van der Waals surface area (Å²) in [6, 6.07) is 21.1. The number of nitrogens with two attached hydrogens (primary N) is 1. The van der Waals surface area contributed by atoms with Gasteiger partial charge in [0, 0.05) is 17.7 Å². The fourth-order valence-corrected chi connectivity index (χ4v) is 4.19. The van der Waals surface area contributed by atoms with Crippen LogP contribution in [-0.4, -0.2) is 31.8 Å². The molecule has 4 aromatic rings. The highest BCUT2D eigenvalue weighted by molar-refractivity contribution is 8.00. The molecule has 0 aliphatic rings. The number of nitrogens with zero attached hydrogens (tertiary/aromatic N) is 3. The number of rotatable bonds is 7. The van der Waals surface area contributed by atoms with Crippen molar-refractivity contribution < 1.29 is 9.59 Å². The van der Waals surface area contributed by atoms with E-state index in [9.17, 15) is 9.59 Å². The van der Waals surface area contributed by atoms with Crippen LogP contribution in [0.3, 0.4) is 0 Å². The number of nitrogen functional groups attached to an aromatic ring is 1. The van der Waals surface area contributed by atoms with Gasteiger partial charge in [0.15, 0.2) is 11.6 Å². The summed E-state index contributed by atoms with van der Waals surface area (Å²) in [6.45, 7) is 3.26. The molecule has 0 spiro atoms. The predicted octanol–water partition coefficient (Wildman–Crippen LogP) is 4.06. The SMILES string of the molecule is CC(=O)c1cccc(NC(=O)C(C)Sc2nnc(Cc3cccc4ccccc34)n2N)c1. The maximum atomic E-state index is 12.6. The van der Waals surface area contributed by atoms with Gasteiger partial charge in [-0.15, -0.1) is 10.2 Å². The van der Waals surface area contributed by atoms with Crippen molar-refractivity contribution in [2.24, 2.45) is 0 Å². The Labute approximate surface area is 190 Å². The van der Waals surface area contributed by atoms with Crippen LogP contribution in [0.15, 0.2) is 71.9 Å². The standard InChI is InChI=1S/C24H23N5O2S/c1-15(30)18-9-6-11-20(13-18)26-23(31)16(2)32-24-28-27-22(29(24)25)14-19-10-5-8-17-7-3-4-12-21(17)19/h3-13,16H,14,25H2,1-2H3,(H,26,31). The fourth-order valence-electron chi connectivity index (χ4n) is 3.40. The van der Waals surface area contributed by atoms with Crippen LogP contribution in [0.2, 0.25) is 0 Å². The van der Waals surface area contributed by atoms with E-state index < -0.39 is 5.25 Å². The predicted molar refractivity (Wildman–Crippen MR) is 127 cm³/mol. The van der Waals surface area contributed by atoms with Crippen molar-refractivity contribution in [3.05, 3.63) is 83.7 Å². The number of hydrogen-bond acceptors (Lipinski definition) is 6. The van der Waals surface area contributed by atoms with Crippen LogP contribution >= 0.6 is 11.8 Å². The first-order valence-electron chi connectivity index (χ1n) is 10.2. The normalized spacial score (nSPS) is 11.9. The molecule has 3 aromatic carbocycles. The largest absolute Gasteiger partial charge is 0.336 e. The van der Waals surface area contributed by atoms with Gasteiger partial charge in [0.1, 0.15) is 0 Å². The Hall–Kier alpha value is -3.65. The molecule has 1 aromatic heterocycles. The molecule has 4 rings (SSSR count). The van der Waals surface area contributed by atoms with E-state index in [0.717, 1.165) is 16.3 Å². The lowest BCUT2D eigenvalue weighted by atomic mass is 10.0. The van der Waals surface area contributed by atoms with Crippen molar-refractivity contribution in [3.63, 3.8) is 0 Å². The van der Waals surface area contributed by atoms with Gasteiger partial charge in [0.2, 0.25) is 11.1 Å². The van der Waals surface area contributed by atoms with Gasteiger partial charge in [-0.2, -0.15) is 0 Å². The molecule has 1 heterocycles. The minimum atomic E-state index is -0.465. The molecule has 1 unspecified atom stereocenters. The first kappa shape index (κ1) is 21.6. The van der Waals surface area contributed by atoms with Crippen molar-refractivity contribution in [3.8, 4) is 0 Å². The number of carbonyl (C=O) groups excluding carboxylic acids is 2. The van der Waals surface area contributed by atoms with E-state index in [1.54, 1.807) is 31.2 Å². The van der Waals surface area contributed by atoms with Crippen LogP contribution in [0.25, 0.3) is 10.8 Å². The minimum absolute atomic E-state index is 0.0570. The third-order valence-electron chi connectivity index (χ3n) is 5.15. The zero-order chi connectivity index (χ0) is 22.7. The van der Waals surface area contributed by atoms with E-state index in [0.29, 0.717) is 28.7 Å². The van der Waals surface area contributed by atoms with Gasteiger partial charge in [-0.25, -0.2) is 4.68 Å². The van der Waals surface area contributed by atoms with Gasteiger partial charge in [-0.05, 0) is 42.3 Å². The number of anilines is 1. The van der Waals surface area contributed by atoms with Crippen LogP contribution < -0.4 is 11.2 Å². The lowest BCUT2D eigenvalue weighted by molar-refractivity contribution is -0.115. The number of aromatic nitrogens is 3. The zero-order valence-electron chi connectivity index (χ0n) is 17.8. The number of nitrogens with one attached hydrogen (secondary N) is 1. The van der Waals surface area contributed by atoms with Crippen LogP contribution in [0.4, 0.5) is 5.69 Å². The van der Waals surface area contributed by atoms with E-state index >= 15 is 0 Å². The Morgan fingerprint density at radius 1 is 1.06 bits per heavy atom. The molecule has 8 heteroatoms. The number of Topliss-reactive ketones (excluding diaryl/α,β-unsaturated/α-hetero) is 1. The Kier molecular flexibility index (Phi) is 6.23. The molecule has 0 saturated carbocycles. The van der Waals surface area contributed by atoms with E-state index in [2.05, 4.69) is 39.8 Å². The molecule has 1 amide bonds. The molecule has 0 fully saturated rings. The molecular formula is C24H23N5O2S. The highest BCUT2D eigenvalue weighted by Gasteiger charge is 2.20. The Balaban J connectivity index is 1.45. The third kappa shape index (κ3) is 4.65. The van der Waals surface area contributed by atoms with Crippen molar-refractivity contribution in [2.75, 3.05) is 11.2 Å². The molecule has 0 bridgehead atoms. The third-order valence-corrected chi connectivity index (χ3v) is 6.21. The summed E-state index contributed by atoms with van der Waals surface area (Å²) in [5.41, 5.74) is 2.22. The van der Waals surface area contributed by atoms with E-state index in [4.69, 9.17) is 5.84 Å².